The van der Waals surface area contributed by atoms with Gasteiger partial charge in [0.05, 0.1) is 29.0 Å². The minimum Gasteiger partial charge on any atom is -0.467 e. The molecule has 0 radical (unpaired) electrons. The Morgan fingerprint density at radius 2 is 1.95 bits per heavy atom. The second kappa shape index (κ2) is 12.1. The normalized spacial score (nSPS) is 12.8. The maximum Gasteiger partial charge on any atom is 0.262 e. The van der Waals surface area contributed by atoms with E-state index in [1.807, 2.05) is 13.0 Å². The first-order valence-corrected chi connectivity index (χ1v) is 13.6. The lowest BCUT2D eigenvalue weighted by Gasteiger charge is -2.18. The molecule has 2 amide bonds. The second-order valence-corrected chi connectivity index (χ2v) is 10.1. The van der Waals surface area contributed by atoms with Gasteiger partial charge in [-0.25, -0.2) is 4.98 Å². The molecular weight excluding hydrogens is 520 g/mol. The molecule has 1 aliphatic heterocycles. The number of para-hydroxylation sites is 1. The van der Waals surface area contributed by atoms with Gasteiger partial charge in [-0.05, 0) is 49.2 Å². The van der Waals surface area contributed by atoms with Crippen LogP contribution in [0.1, 0.15) is 31.9 Å². The third-order valence-corrected chi connectivity index (χ3v) is 7.56. The lowest BCUT2D eigenvalue weighted by Crippen LogP contribution is -2.29. The van der Waals surface area contributed by atoms with E-state index in [1.54, 1.807) is 59.4 Å². The monoisotopic (exact) mass is 548 g/mol. The van der Waals surface area contributed by atoms with Crippen molar-refractivity contribution in [3.63, 3.8) is 0 Å². The highest BCUT2D eigenvalue weighted by molar-refractivity contribution is 8.00. The Bertz CT molecular complexity index is 1540. The number of ether oxygens (including phenoxy) is 2. The van der Waals surface area contributed by atoms with Crippen LogP contribution >= 0.6 is 11.8 Å². The molecule has 10 nitrogen and oxygen atoms in total. The summed E-state index contributed by atoms with van der Waals surface area (Å²) in [6, 6.07) is 15.9. The number of thioether (sulfide) groups is 1. The number of nitrogens with zero attached hydrogens (tertiary/aromatic N) is 2. The molecule has 0 spiro atoms. The number of rotatable bonds is 11. The average Bonchev–Trinajstić information content (AvgIpc) is 3.64. The number of hydrogen-bond donors (Lipinski definition) is 2. The first-order valence-electron chi connectivity index (χ1n) is 12.7. The molecule has 3 heterocycles. The predicted molar refractivity (Wildman–Crippen MR) is 147 cm³/mol. The number of carbonyl (C=O) groups is 2. The number of furan rings is 1. The summed E-state index contributed by atoms with van der Waals surface area (Å²) < 4.78 is 17.5. The molecule has 2 N–H and O–H groups in total. The summed E-state index contributed by atoms with van der Waals surface area (Å²) in [5.41, 5.74) is 0.946. The Balaban J connectivity index is 1.30. The summed E-state index contributed by atoms with van der Waals surface area (Å²) in [5.74, 6) is 1.52. The molecule has 5 rings (SSSR count). The van der Waals surface area contributed by atoms with Gasteiger partial charge in [0.2, 0.25) is 18.6 Å². The van der Waals surface area contributed by atoms with E-state index < -0.39 is 5.25 Å². The third kappa shape index (κ3) is 6.26. The van der Waals surface area contributed by atoms with E-state index in [0.29, 0.717) is 58.4 Å². The van der Waals surface area contributed by atoms with Gasteiger partial charge in [-0.2, -0.15) is 0 Å². The van der Waals surface area contributed by atoms with Crippen molar-refractivity contribution in [1.29, 1.82) is 0 Å². The van der Waals surface area contributed by atoms with Crippen molar-refractivity contribution >= 4 is 40.2 Å². The Hall–Kier alpha value is -4.25. The molecule has 202 valence electrons. The lowest BCUT2D eigenvalue weighted by atomic mass is 10.2. The molecule has 2 aromatic carbocycles. The molecule has 0 unspecified atom stereocenters. The van der Waals surface area contributed by atoms with E-state index in [1.165, 1.54) is 11.8 Å². The SMILES string of the molecule is CC[C@H](Sc1nc2ccccc2c(=O)n1CCCC(=O)NCc1ccco1)C(=O)Nc1ccc2c(c1)OCO2. The molecule has 0 bridgehead atoms. The van der Waals surface area contributed by atoms with Gasteiger partial charge < -0.3 is 24.5 Å². The van der Waals surface area contributed by atoms with Crippen molar-refractivity contribution in [1.82, 2.24) is 14.9 Å². The van der Waals surface area contributed by atoms with Gasteiger partial charge in [0, 0.05) is 24.7 Å². The van der Waals surface area contributed by atoms with Gasteiger partial charge in [-0.15, -0.1) is 0 Å². The number of benzene rings is 2. The van der Waals surface area contributed by atoms with E-state index in [9.17, 15) is 14.4 Å². The first-order chi connectivity index (χ1) is 19.0. The van der Waals surface area contributed by atoms with Crippen LogP contribution in [0.15, 0.2) is 75.2 Å². The zero-order valence-corrected chi connectivity index (χ0v) is 22.2. The fourth-order valence-corrected chi connectivity index (χ4v) is 5.21. The number of nitrogens with one attached hydrogen (secondary N) is 2. The van der Waals surface area contributed by atoms with Gasteiger partial charge in [0.1, 0.15) is 5.76 Å². The quantitative estimate of drug-likeness (QED) is 0.210. The molecule has 0 aliphatic carbocycles. The van der Waals surface area contributed by atoms with Crippen LogP contribution in [0.2, 0.25) is 0 Å². The van der Waals surface area contributed by atoms with Crippen LogP contribution < -0.4 is 25.7 Å². The Labute approximate surface area is 228 Å². The minimum absolute atomic E-state index is 0.142. The topological polar surface area (TPSA) is 125 Å². The molecule has 0 saturated carbocycles. The summed E-state index contributed by atoms with van der Waals surface area (Å²) >= 11 is 1.24. The van der Waals surface area contributed by atoms with Crippen LogP contribution in [0.3, 0.4) is 0 Å². The number of aromatic nitrogens is 2. The van der Waals surface area contributed by atoms with Crippen molar-refractivity contribution in [2.45, 2.75) is 49.7 Å². The summed E-state index contributed by atoms with van der Waals surface area (Å²) in [5, 5.41) is 6.15. The lowest BCUT2D eigenvalue weighted by molar-refractivity contribution is -0.121. The van der Waals surface area contributed by atoms with E-state index >= 15 is 0 Å². The Kier molecular flexibility index (Phi) is 8.16. The number of hydrogen-bond acceptors (Lipinski definition) is 8. The predicted octanol–water partition coefficient (Wildman–Crippen LogP) is 4.32. The average molecular weight is 549 g/mol. The summed E-state index contributed by atoms with van der Waals surface area (Å²) in [7, 11) is 0. The summed E-state index contributed by atoms with van der Waals surface area (Å²) in [4.78, 5) is 43.7. The number of carbonyl (C=O) groups excluding carboxylic acids is 2. The second-order valence-electron chi connectivity index (χ2n) is 8.90. The highest BCUT2D eigenvalue weighted by atomic mass is 32.2. The molecule has 11 heteroatoms. The maximum atomic E-state index is 13.4. The van der Waals surface area contributed by atoms with Crippen LogP contribution in [0.25, 0.3) is 10.9 Å². The standard InChI is InChI=1S/C28H28N4O6S/c1-2-24(26(34)30-18-11-12-22-23(15-18)38-17-37-22)39-28-31-21-9-4-3-8-20(21)27(35)32(28)13-5-10-25(33)29-16-19-7-6-14-36-19/h3-4,6-9,11-12,14-15,24H,2,5,10,13,16-17H2,1H3,(H,29,33)(H,30,34)/t24-/m0/s1. The van der Waals surface area contributed by atoms with E-state index in [4.69, 9.17) is 18.9 Å². The maximum absolute atomic E-state index is 13.4. The molecule has 0 fully saturated rings. The highest BCUT2D eigenvalue weighted by Crippen LogP contribution is 2.34. The largest absolute Gasteiger partial charge is 0.467 e. The fraction of sp³-hybridized carbons (Fsp3) is 0.286. The highest BCUT2D eigenvalue weighted by Gasteiger charge is 2.23. The Morgan fingerprint density at radius 1 is 1.10 bits per heavy atom. The van der Waals surface area contributed by atoms with Gasteiger partial charge in [0.25, 0.3) is 5.56 Å². The van der Waals surface area contributed by atoms with Gasteiger partial charge in [-0.3, -0.25) is 19.0 Å². The van der Waals surface area contributed by atoms with Gasteiger partial charge in [-0.1, -0.05) is 30.8 Å². The molecule has 1 atom stereocenters. The fourth-order valence-electron chi connectivity index (χ4n) is 4.17. The molecule has 0 saturated heterocycles. The van der Waals surface area contributed by atoms with Crippen molar-refractivity contribution in [3.8, 4) is 11.5 Å². The van der Waals surface area contributed by atoms with Crippen LogP contribution in [0.4, 0.5) is 5.69 Å². The minimum atomic E-state index is -0.508. The Morgan fingerprint density at radius 3 is 2.77 bits per heavy atom. The van der Waals surface area contributed by atoms with Crippen LogP contribution in [-0.2, 0) is 22.7 Å². The molecule has 1 aliphatic rings. The zero-order chi connectivity index (χ0) is 27.2. The number of amides is 2. The summed E-state index contributed by atoms with van der Waals surface area (Å²) in [6.07, 6.45) is 2.72. The molecule has 2 aromatic heterocycles. The van der Waals surface area contributed by atoms with Crippen molar-refractivity contribution in [3.05, 3.63) is 77.0 Å². The third-order valence-electron chi connectivity index (χ3n) is 6.20. The van der Waals surface area contributed by atoms with Gasteiger partial charge in [0.15, 0.2) is 16.7 Å². The van der Waals surface area contributed by atoms with Crippen molar-refractivity contribution < 1.29 is 23.5 Å². The van der Waals surface area contributed by atoms with Crippen molar-refractivity contribution in [2.24, 2.45) is 0 Å². The van der Waals surface area contributed by atoms with Crippen LogP contribution in [0, 0.1) is 0 Å². The van der Waals surface area contributed by atoms with E-state index in [2.05, 4.69) is 10.6 Å². The number of anilines is 1. The van der Waals surface area contributed by atoms with E-state index in [0.717, 1.165) is 0 Å². The van der Waals surface area contributed by atoms with E-state index in [-0.39, 0.29) is 37.1 Å². The molecule has 4 aromatic rings. The molecular formula is C28H28N4O6S. The smallest absolute Gasteiger partial charge is 0.262 e. The summed E-state index contributed by atoms with van der Waals surface area (Å²) in [6.45, 7) is 2.65. The van der Waals surface area contributed by atoms with Gasteiger partial charge >= 0.3 is 0 Å². The number of fused-ring (bicyclic) bond motifs is 2. The zero-order valence-electron chi connectivity index (χ0n) is 21.3. The van der Waals surface area contributed by atoms with Crippen LogP contribution in [0.5, 0.6) is 11.5 Å². The molecule has 39 heavy (non-hydrogen) atoms. The van der Waals surface area contributed by atoms with Crippen LogP contribution in [-0.4, -0.2) is 33.4 Å². The van der Waals surface area contributed by atoms with Crippen molar-refractivity contribution in [2.75, 3.05) is 12.1 Å². The first kappa shape index (κ1) is 26.4.